The molecule has 1 N–H and O–H groups in total. The van der Waals surface area contributed by atoms with Crippen molar-refractivity contribution in [3.63, 3.8) is 0 Å². The summed E-state index contributed by atoms with van der Waals surface area (Å²) in [6, 6.07) is 21.2. The summed E-state index contributed by atoms with van der Waals surface area (Å²) in [7, 11) is -3.56. The zero-order valence-corrected chi connectivity index (χ0v) is 17.5. The van der Waals surface area contributed by atoms with Crippen LogP contribution in [-0.2, 0) is 15.4 Å². The maximum Gasteiger partial charge on any atom is 0.240 e. The van der Waals surface area contributed by atoms with Crippen molar-refractivity contribution in [1.29, 1.82) is 0 Å². The van der Waals surface area contributed by atoms with Crippen molar-refractivity contribution in [2.24, 2.45) is 0 Å². The van der Waals surface area contributed by atoms with E-state index in [1.807, 2.05) is 53.9 Å². The van der Waals surface area contributed by atoms with Gasteiger partial charge in [0.1, 0.15) is 0 Å². The Kier molecular flexibility index (Phi) is 5.84. The fourth-order valence-electron chi connectivity index (χ4n) is 2.97. The lowest BCUT2D eigenvalue weighted by Crippen LogP contribution is -2.29. The summed E-state index contributed by atoms with van der Waals surface area (Å²) < 4.78 is 28.4. The zero-order chi connectivity index (χ0) is 19.5. The van der Waals surface area contributed by atoms with E-state index in [4.69, 9.17) is 0 Å². The lowest BCUT2D eigenvalue weighted by Gasteiger charge is -2.20. The summed E-state index contributed by atoms with van der Waals surface area (Å²) in [5.74, 6) is -0.00479. The Bertz CT molecular complexity index is 955. The van der Waals surface area contributed by atoms with Crippen LogP contribution in [0, 0.1) is 0 Å². The molecule has 0 aliphatic heterocycles. The van der Waals surface area contributed by atoms with Crippen LogP contribution in [0.5, 0.6) is 0 Å². The van der Waals surface area contributed by atoms with Crippen molar-refractivity contribution in [3.05, 3.63) is 88.1 Å². The van der Waals surface area contributed by atoms with E-state index in [0.717, 1.165) is 16.0 Å². The zero-order valence-electron chi connectivity index (χ0n) is 15.8. The molecule has 0 spiro atoms. The van der Waals surface area contributed by atoms with Crippen molar-refractivity contribution in [1.82, 2.24) is 4.72 Å². The Labute approximate surface area is 166 Å². The van der Waals surface area contributed by atoms with Crippen LogP contribution in [0.1, 0.15) is 42.7 Å². The molecular weight excluding hydrogens is 374 g/mol. The van der Waals surface area contributed by atoms with Crippen molar-refractivity contribution in [2.75, 3.05) is 6.54 Å². The van der Waals surface area contributed by atoms with Gasteiger partial charge in [-0.25, -0.2) is 13.1 Å². The average molecular weight is 400 g/mol. The highest BCUT2D eigenvalue weighted by Crippen LogP contribution is 2.28. The van der Waals surface area contributed by atoms with Crippen LogP contribution in [-0.4, -0.2) is 15.0 Å². The minimum Gasteiger partial charge on any atom is -0.210 e. The SMILES string of the molecule is CC(C)(C)c1ccc(S(=O)(=O)NCC(c2ccccc2)c2cccs2)cc1. The number of thiophene rings is 1. The van der Waals surface area contributed by atoms with E-state index in [-0.39, 0.29) is 11.3 Å². The Morgan fingerprint density at radius 3 is 2.15 bits per heavy atom. The predicted octanol–water partition coefficient (Wildman–Crippen LogP) is 5.16. The van der Waals surface area contributed by atoms with E-state index >= 15 is 0 Å². The molecular formula is C22H25NO2S2. The molecule has 0 bridgehead atoms. The first-order valence-corrected chi connectivity index (χ1v) is 11.3. The first-order chi connectivity index (χ1) is 12.8. The molecule has 3 nitrogen and oxygen atoms in total. The molecule has 0 aliphatic carbocycles. The highest BCUT2D eigenvalue weighted by Gasteiger charge is 2.21. The number of rotatable bonds is 6. The largest absolute Gasteiger partial charge is 0.240 e. The van der Waals surface area contributed by atoms with Crippen LogP contribution >= 0.6 is 11.3 Å². The van der Waals surface area contributed by atoms with Gasteiger partial charge in [-0.3, -0.25) is 0 Å². The second-order valence-electron chi connectivity index (χ2n) is 7.60. The van der Waals surface area contributed by atoms with Crippen LogP contribution < -0.4 is 4.72 Å². The third-order valence-corrected chi connectivity index (χ3v) is 7.02. The monoisotopic (exact) mass is 399 g/mol. The quantitative estimate of drug-likeness (QED) is 0.622. The molecule has 3 rings (SSSR count). The molecule has 1 atom stereocenters. The van der Waals surface area contributed by atoms with Crippen LogP contribution in [0.25, 0.3) is 0 Å². The minimum absolute atomic E-state index is 0.00479. The molecule has 27 heavy (non-hydrogen) atoms. The van der Waals surface area contributed by atoms with Crippen LogP contribution in [0.15, 0.2) is 77.0 Å². The standard InChI is InChI=1S/C22H25NO2S2/c1-22(2,3)18-11-13-19(14-12-18)27(24,25)23-16-20(21-10-7-15-26-21)17-8-5-4-6-9-17/h4-15,20,23H,16H2,1-3H3. The van der Waals surface area contributed by atoms with Gasteiger partial charge in [-0.2, -0.15) is 0 Å². The van der Waals surface area contributed by atoms with Crippen molar-refractivity contribution >= 4 is 21.4 Å². The molecule has 0 saturated carbocycles. The van der Waals surface area contributed by atoms with E-state index in [1.54, 1.807) is 23.5 Å². The molecule has 2 aromatic carbocycles. The predicted molar refractivity (Wildman–Crippen MR) is 113 cm³/mol. The first kappa shape index (κ1) is 19.8. The summed E-state index contributed by atoms with van der Waals surface area (Å²) in [5, 5.41) is 2.02. The average Bonchev–Trinajstić information content (AvgIpc) is 3.16. The number of sulfonamides is 1. The summed E-state index contributed by atoms with van der Waals surface area (Å²) in [6.45, 7) is 6.66. The fraction of sp³-hybridized carbons (Fsp3) is 0.273. The summed E-state index contributed by atoms with van der Waals surface area (Å²) in [5.41, 5.74) is 2.21. The van der Waals surface area contributed by atoms with Gasteiger partial charge in [0.2, 0.25) is 10.0 Å². The second-order valence-corrected chi connectivity index (χ2v) is 10.4. The summed E-state index contributed by atoms with van der Waals surface area (Å²) in [6.07, 6.45) is 0. The molecule has 1 unspecified atom stereocenters. The highest BCUT2D eigenvalue weighted by molar-refractivity contribution is 7.89. The van der Waals surface area contributed by atoms with Crippen LogP contribution in [0.3, 0.4) is 0 Å². The molecule has 0 amide bonds. The lowest BCUT2D eigenvalue weighted by atomic mass is 9.87. The Morgan fingerprint density at radius 1 is 0.926 bits per heavy atom. The molecule has 0 fully saturated rings. The van der Waals surface area contributed by atoms with Gasteiger partial charge in [-0.1, -0.05) is 69.3 Å². The van der Waals surface area contributed by atoms with Crippen LogP contribution in [0.4, 0.5) is 0 Å². The molecule has 1 aromatic heterocycles. The molecule has 0 saturated heterocycles. The fourth-order valence-corrected chi connectivity index (χ4v) is 4.87. The lowest BCUT2D eigenvalue weighted by molar-refractivity contribution is 0.575. The van der Waals surface area contributed by atoms with Gasteiger partial charge in [-0.15, -0.1) is 11.3 Å². The molecule has 0 aliphatic rings. The topological polar surface area (TPSA) is 46.2 Å². The third kappa shape index (κ3) is 4.86. The molecule has 3 aromatic rings. The smallest absolute Gasteiger partial charge is 0.210 e. The molecule has 5 heteroatoms. The van der Waals surface area contributed by atoms with E-state index in [0.29, 0.717) is 11.4 Å². The maximum atomic E-state index is 12.8. The summed E-state index contributed by atoms with van der Waals surface area (Å²) >= 11 is 1.64. The number of hydrogen-bond acceptors (Lipinski definition) is 3. The van der Waals surface area contributed by atoms with Gasteiger partial charge in [0.25, 0.3) is 0 Å². The van der Waals surface area contributed by atoms with E-state index < -0.39 is 10.0 Å². The first-order valence-electron chi connectivity index (χ1n) is 8.96. The van der Waals surface area contributed by atoms with E-state index in [1.165, 1.54) is 0 Å². The summed E-state index contributed by atoms with van der Waals surface area (Å²) in [4.78, 5) is 1.44. The molecule has 0 radical (unpaired) electrons. The number of nitrogens with one attached hydrogen (secondary N) is 1. The van der Waals surface area contributed by atoms with Crippen molar-refractivity contribution in [2.45, 2.75) is 37.0 Å². The molecule has 1 heterocycles. The Hall–Kier alpha value is -1.95. The number of hydrogen-bond donors (Lipinski definition) is 1. The van der Waals surface area contributed by atoms with Gasteiger partial charge < -0.3 is 0 Å². The van der Waals surface area contributed by atoms with E-state index in [9.17, 15) is 8.42 Å². The van der Waals surface area contributed by atoms with Gasteiger partial charge in [0, 0.05) is 17.3 Å². The van der Waals surface area contributed by atoms with Crippen LogP contribution in [0.2, 0.25) is 0 Å². The Morgan fingerprint density at radius 2 is 1.59 bits per heavy atom. The third-order valence-electron chi connectivity index (χ3n) is 4.60. The number of benzene rings is 2. The second kappa shape index (κ2) is 7.97. The molecule has 142 valence electrons. The Balaban J connectivity index is 1.80. The van der Waals surface area contributed by atoms with E-state index in [2.05, 4.69) is 31.6 Å². The van der Waals surface area contributed by atoms with Gasteiger partial charge in [0.05, 0.1) is 4.90 Å². The normalized spacial score (nSPS) is 13.4. The highest BCUT2D eigenvalue weighted by atomic mass is 32.2. The van der Waals surface area contributed by atoms with Gasteiger partial charge in [0.15, 0.2) is 0 Å². The van der Waals surface area contributed by atoms with Crippen molar-refractivity contribution in [3.8, 4) is 0 Å². The van der Waals surface area contributed by atoms with Gasteiger partial charge in [-0.05, 0) is 40.1 Å². The van der Waals surface area contributed by atoms with Gasteiger partial charge >= 0.3 is 0 Å². The minimum atomic E-state index is -3.56. The van der Waals surface area contributed by atoms with Crippen molar-refractivity contribution < 1.29 is 8.42 Å². The maximum absolute atomic E-state index is 12.8.